The van der Waals surface area contributed by atoms with Crippen molar-refractivity contribution >= 4 is 42.0 Å². The van der Waals surface area contributed by atoms with Crippen LogP contribution in [0, 0.1) is 0 Å². The number of halogens is 1. The maximum atomic E-state index is 15.7. The highest BCUT2D eigenvalue weighted by molar-refractivity contribution is 7.34. The van der Waals surface area contributed by atoms with E-state index in [2.05, 4.69) is 19.7 Å². The highest BCUT2D eigenvalue weighted by Crippen LogP contribution is 2.44. The second-order valence-electron chi connectivity index (χ2n) is 9.68. The molecule has 1 aliphatic rings. The number of carboxylic acid groups (broad SMARTS) is 1. The molecule has 0 saturated carbocycles. The summed E-state index contributed by atoms with van der Waals surface area (Å²) < 4.78 is 43.5. The number of ether oxygens (including phenoxy) is 3. The van der Waals surface area contributed by atoms with Crippen molar-refractivity contribution in [3.05, 3.63) is 42.7 Å². The van der Waals surface area contributed by atoms with E-state index in [0.29, 0.717) is 12.0 Å². The molecule has 0 amide bonds. The van der Waals surface area contributed by atoms with Gasteiger partial charge in [0.1, 0.15) is 18.3 Å². The van der Waals surface area contributed by atoms with Gasteiger partial charge < -0.3 is 35.1 Å². The monoisotopic (exact) mass is 602 g/mol. The number of nitrogens with zero attached hydrogens (tertiary/aromatic N) is 5. The fourth-order valence-corrected chi connectivity index (χ4v) is 5.34. The van der Waals surface area contributed by atoms with Gasteiger partial charge in [-0.2, -0.15) is 9.97 Å². The Morgan fingerprint density at radius 2 is 2.07 bits per heavy atom. The maximum absolute atomic E-state index is 15.7. The van der Waals surface area contributed by atoms with E-state index in [-0.39, 0.29) is 41.1 Å². The summed E-state index contributed by atoms with van der Waals surface area (Å²) in [5.74, 6) is -1.11. The molecule has 0 aliphatic carbocycles. The SMILES string of the molecule is CCOc1nc(N)nc2c1ncn2[C@@H]1O[C@H](COc2ccc3ccccc3c2O/[P+]([O-])=N/C(C)C(=O)O)[C@@H](F)[C@@]1(C)O. The van der Waals surface area contributed by atoms with E-state index >= 15 is 4.39 Å². The summed E-state index contributed by atoms with van der Waals surface area (Å²) in [5.41, 5.74) is 4.24. The van der Waals surface area contributed by atoms with Crippen LogP contribution in [0.25, 0.3) is 21.9 Å². The quantitative estimate of drug-likeness (QED) is 0.225. The summed E-state index contributed by atoms with van der Waals surface area (Å²) in [6.07, 6.45) is -3.13. The van der Waals surface area contributed by atoms with E-state index in [0.717, 1.165) is 5.39 Å². The lowest BCUT2D eigenvalue weighted by molar-refractivity contribution is -0.169. The highest BCUT2D eigenvalue weighted by Gasteiger charge is 2.55. The van der Waals surface area contributed by atoms with Crippen LogP contribution in [0.4, 0.5) is 10.3 Å². The molecule has 3 heterocycles. The minimum absolute atomic E-state index is 0.0310. The summed E-state index contributed by atoms with van der Waals surface area (Å²) in [6.45, 7) is 4.23. The molecule has 2 unspecified atom stereocenters. The first-order valence-electron chi connectivity index (χ1n) is 12.9. The van der Waals surface area contributed by atoms with Crippen molar-refractivity contribution < 1.29 is 43.0 Å². The molecule has 1 fully saturated rings. The number of imidazole rings is 1. The lowest BCUT2D eigenvalue weighted by Gasteiger charge is -2.26. The van der Waals surface area contributed by atoms with Crippen LogP contribution in [0.3, 0.4) is 0 Å². The van der Waals surface area contributed by atoms with Gasteiger partial charge in [-0.1, -0.05) is 35.1 Å². The van der Waals surface area contributed by atoms with Gasteiger partial charge in [0, 0.05) is 5.39 Å². The Balaban J connectivity index is 1.42. The van der Waals surface area contributed by atoms with Crippen LogP contribution >= 0.6 is 8.17 Å². The highest BCUT2D eigenvalue weighted by atomic mass is 31.1. The number of aliphatic hydroxyl groups is 1. The molecule has 6 atom stereocenters. The van der Waals surface area contributed by atoms with Crippen molar-refractivity contribution in [2.45, 2.75) is 50.9 Å². The molecule has 222 valence electrons. The number of alkyl halides is 1. The zero-order valence-corrected chi connectivity index (χ0v) is 23.6. The number of nitrogens with two attached hydrogens (primary N) is 1. The molecule has 0 spiro atoms. The molecule has 42 heavy (non-hydrogen) atoms. The van der Waals surface area contributed by atoms with E-state index in [1.807, 2.05) is 0 Å². The van der Waals surface area contributed by atoms with Gasteiger partial charge >= 0.3 is 14.1 Å². The summed E-state index contributed by atoms with van der Waals surface area (Å²) in [5, 5.41) is 21.5. The molecule has 0 bridgehead atoms. The first-order valence-corrected chi connectivity index (χ1v) is 14.0. The number of anilines is 1. The van der Waals surface area contributed by atoms with Crippen LogP contribution in [0.5, 0.6) is 17.4 Å². The number of nitrogen functional groups attached to an aromatic ring is 1. The van der Waals surface area contributed by atoms with Gasteiger partial charge in [-0.15, -0.1) is 0 Å². The summed E-state index contributed by atoms with van der Waals surface area (Å²) in [6, 6.07) is 9.00. The molecule has 1 aliphatic heterocycles. The third kappa shape index (κ3) is 5.51. The smallest absolute Gasteiger partial charge is 0.395 e. The Kier molecular flexibility index (Phi) is 8.10. The van der Waals surface area contributed by atoms with Crippen molar-refractivity contribution in [1.29, 1.82) is 0 Å². The van der Waals surface area contributed by atoms with Crippen LogP contribution in [-0.2, 0) is 9.53 Å². The number of hydrogen-bond donors (Lipinski definition) is 3. The fourth-order valence-electron chi connectivity index (χ4n) is 4.57. The third-order valence-electron chi connectivity index (χ3n) is 6.67. The fraction of sp³-hybridized carbons (Fsp3) is 0.385. The number of aliphatic carboxylic acids is 1. The molecule has 4 N–H and O–H groups in total. The molecule has 5 rings (SSSR count). The number of benzene rings is 2. The van der Waals surface area contributed by atoms with Gasteiger partial charge in [0.15, 0.2) is 35.4 Å². The summed E-state index contributed by atoms with van der Waals surface area (Å²) in [4.78, 5) is 36.2. The molecule has 4 aromatic rings. The van der Waals surface area contributed by atoms with Crippen LogP contribution in [0.15, 0.2) is 47.5 Å². The van der Waals surface area contributed by atoms with Crippen LogP contribution in [0.2, 0.25) is 0 Å². The topological polar surface area (TPSA) is 199 Å². The predicted octanol–water partition coefficient (Wildman–Crippen LogP) is 2.73. The largest absolute Gasteiger partial charge is 0.575 e. The average Bonchev–Trinajstić information content (AvgIpc) is 3.45. The van der Waals surface area contributed by atoms with Gasteiger partial charge in [-0.25, -0.2) is 14.2 Å². The Morgan fingerprint density at radius 3 is 2.81 bits per heavy atom. The van der Waals surface area contributed by atoms with Gasteiger partial charge in [0.2, 0.25) is 17.6 Å². The van der Waals surface area contributed by atoms with Gasteiger partial charge in [-0.3, -0.25) is 9.09 Å². The average molecular weight is 603 g/mol. The first-order chi connectivity index (χ1) is 20.0. The molecular formula is C26H28FN6O8P. The van der Waals surface area contributed by atoms with Crippen LogP contribution < -0.4 is 24.6 Å². The molecule has 1 saturated heterocycles. The van der Waals surface area contributed by atoms with Crippen molar-refractivity contribution in [2.24, 2.45) is 4.74 Å². The third-order valence-corrected chi connectivity index (χ3v) is 7.54. The Bertz CT molecular complexity index is 1670. The number of hydrogen-bond acceptors (Lipinski definition) is 12. The Hall–Kier alpha value is -4.17. The van der Waals surface area contributed by atoms with Gasteiger partial charge in [0.25, 0.3) is 0 Å². The van der Waals surface area contributed by atoms with E-state index in [9.17, 15) is 14.8 Å². The van der Waals surface area contributed by atoms with E-state index in [1.165, 1.54) is 30.8 Å². The Morgan fingerprint density at radius 1 is 1.31 bits per heavy atom. The van der Waals surface area contributed by atoms with Crippen molar-refractivity contribution in [3.63, 3.8) is 0 Å². The number of fused-ring (bicyclic) bond motifs is 2. The van der Waals surface area contributed by atoms with Crippen LogP contribution in [-0.4, -0.2) is 72.8 Å². The summed E-state index contributed by atoms with van der Waals surface area (Å²) in [7, 11) is -2.79. The Labute approximate surface area is 239 Å². The van der Waals surface area contributed by atoms with E-state index < -0.39 is 44.3 Å². The second-order valence-corrected chi connectivity index (χ2v) is 10.6. The number of aromatic nitrogens is 4. The summed E-state index contributed by atoms with van der Waals surface area (Å²) >= 11 is 0. The van der Waals surface area contributed by atoms with Crippen molar-refractivity contribution in [1.82, 2.24) is 19.5 Å². The zero-order valence-electron chi connectivity index (χ0n) is 22.7. The molecule has 0 radical (unpaired) electrons. The normalized spacial score (nSPS) is 23.3. The van der Waals surface area contributed by atoms with Crippen LogP contribution in [0.1, 0.15) is 27.0 Å². The minimum atomic E-state index is -2.79. The lowest BCUT2D eigenvalue weighted by atomic mass is 9.98. The second kappa shape index (κ2) is 11.6. The molecule has 2 aromatic heterocycles. The van der Waals surface area contributed by atoms with Crippen molar-refractivity contribution in [3.8, 4) is 17.4 Å². The molecule has 16 heteroatoms. The van der Waals surface area contributed by atoms with Crippen molar-refractivity contribution in [2.75, 3.05) is 18.9 Å². The van der Waals surface area contributed by atoms with E-state index in [1.54, 1.807) is 37.3 Å². The van der Waals surface area contributed by atoms with E-state index in [4.69, 9.17) is 29.6 Å². The number of carbonyl (C=O) groups is 1. The molecule has 14 nitrogen and oxygen atoms in total. The lowest BCUT2D eigenvalue weighted by Crippen LogP contribution is -2.42. The predicted molar refractivity (Wildman–Crippen MR) is 147 cm³/mol. The number of carboxylic acids is 1. The number of rotatable bonds is 10. The molecular weight excluding hydrogens is 574 g/mol. The van der Waals surface area contributed by atoms with Gasteiger partial charge in [-0.05, 0) is 32.2 Å². The zero-order chi connectivity index (χ0) is 30.2. The standard InChI is InChI=1S/C26H28FN6O8P/c1-4-38-22-18-21(30-25(28)31-22)33(12-29-18)24-26(3,36)20(27)17(40-24)11-39-16-10-9-14-7-5-6-8-15(14)19(16)41-42(37)32-13(2)23(34)35/h5-10,12-13,17,20,24,36H,4,11H2,1-3H3,(H,34,35)(H2,28,30,31)/t13?,17-,20-,24-,26-/m1/s1. The molecule has 2 aromatic carbocycles. The maximum Gasteiger partial charge on any atom is 0.395 e. The first kappa shape index (κ1) is 29.3. The van der Waals surface area contributed by atoms with Gasteiger partial charge in [0.05, 0.1) is 12.9 Å². The minimum Gasteiger partial charge on any atom is -0.575 e.